The van der Waals surface area contributed by atoms with Crippen molar-refractivity contribution in [1.29, 1.82) is 0 Å². The van der Waals surface area contributed by atoms with Gasteiger partial charge in [0, 0.05) is 38.8 Å². The van der Waals surface area contributed by atoms with E-state index in [4.69, 9.17) is 4.74 Å². The van der Waals surface area contributed by atoms with E-state index in [2.05, 4.69) is 24.1 Å². The maximum absolute atomic E-state index is 11.8. The van der Waals surface area contributed by atoms with Crippen LogP contribution in [0.2, 0.25) is 0 Å². The summed E-state index contributed by atoms with van der Waals surface area (Å²) in [4.78, 5) is 16.2. The van der Waals surface area contributed by atoms with E-state index < -0.39 is 0 Å². The van der Waals surface area contributed by atoms with Gasteiger partial charge in [-0.1, -0.05) is 0 Å². The third kappa shape index (κ3) is 3.83. The zero-order valence-corrected chi connectivity index (χ0v) is 12.4. The average Bonchev–Trinajstić information content (AvgIpc) is 2.38. The van der Waals surface area contributed by atoms with Crippen LogP contribution < -0.4 is 5.32 Å². The Morgan fingerprint density at radius 2 is 1.74 bits per heavy atom. The van der Waals surface area contributed by atoms with E-state index >= 15 is 0 Å². The predicted molar refractivity (Wildman–Crippen MR) is 75.2 cm³/mol. The van der Waals surface area contributed by atoms with Crippen LogP contribution in [0.1, 0.15) is 33.6 Å². The second-order valence-electron chi connectivity index (χ2n) is 5.74. The molecule has 2 aliphatic heterocycles. The fraction of sp³-hybridized carbons (Fsp3) is 0.929. The first-order chi connectivity index (χ1) is 9.10. The van der Waals surface area contributed by atoms with Crippen molar-refractivity contribution in [2.45, 2.75) is 51.9 Å². The molecule has 1 N–H and O–H groups in total. The average molecular weight is 269 g/mol. The van der Waals surface area contributed by atoms with Crippen LogP contribution >= 0.6 is 0 Å². The van der Waals surface area contributed by atoms with E-state index in [0.29, 0.717) is 24.8 Å². The monoisotopic (exact) mass is 269 g/mol. The summed E-state index contributed by atoms with van der Waals surface area (Å²) in [6.45, 7) is 10.6. The second-order valence-corrected chi connectivity index (χ2v) is 5.74. The molecule has 2 fully saturated rings. The quantitative estimate of drug-likeness (QED) is 0.821. The molecule has 2 atom stereocenters. The number of urea groups is 1. The lowest BCUT2D eigenvalue weighted by atomic mass is 9.97. The van der Waals surface area contributed by atoms with Gasteiger partial charge in [-0.05, 0) is 33.6 Å². The maximum Gasteiger partial charge on any atom is 0.317 e. The van der Waals surface area contributed by atoms with E-state index in [1.54, 1.807) is 0 Å². The minimum absolute atomic E-state index is 0.0795. The Labute approximate surface area is 116 Å². The summed E-state index contributed by atoms with van der Waals surface area (Å²) in [5, 5.41) is 2.87. The van der Waals surface area contributed by atoms with Crippen molar-refractivity contribution >= 4 is 6.03 Å². The number of rotatable bonds is 2. The molecule has 110 valence electrons. The Kier molecular flexibility index (Phi) is 5.05. The normalized spacial score (nSPS) is 33.2. The van der Waals surface area contributed by atoms with E-state index in [1.807, 2.05) is 11.8 Å². The van der Waals surface area contributed by atoms with Crippen LogP contribution in [0, 0.1) is 0 Å². The lowest BCUT2D eigenvalue weighted by Crippen LogP contribution is -2.56. The van der Waals surface area contributed by atoms with Crippen molar-refractivity contribution in [2.75, 3.05) is 32.7 Å². The topological polar surface area (TPSA) is 44.8 Å². The molecule has 19 heavy (non-hydrogen) atoms. The van der Waals surface area contributed by atoms with Gasteiger partial charge in [0.1, 0.15) is 0 Å². The molecular weight excluding hydrogens is 242 g/mol. The Morgan fingerprint density at radius 3 is 2.26 bits per heavy atom. The third-order valence-corrected chi connectivity index (χ3v) is 4.12. The number of ether oxygens (including phenoxy) is 1. The van der Waals surface area contributed by atoms with E-state index in [9.17, 15) is 4.79 Å². The van der Waals surface area contributed by atoms with Gasteiger partial charge in [0.05, 0.1) is 12.2 Å². The molecule has 0 aromatic rings. The van der Waals surface area contributed by atoms with Crippen molar-refractivity contribution in [1.82, 2.24) is 15.1 Å². The van der Waals surface area contributed by atoms with Crippen LogP contribution in [0.15, 0.2) is 0 Å². The van der Waals surface area contributed by atoms with E-state index in [0.717, 1.165) is 39.0 Å². The predicted octanol–water partition coefficient (Wildman–Crippen LogP) is 1.29. The summed E-state index contributed by atoms with van der Waals surface area (Å²) in [5.41, 5.74) is 0. The lowest BCUT2D eigenvalue weighted by molar-refractivity contribution is -0.0697. The first-order valence-electron chi connectivity index (χ1n) is 7.52. The molecule has 0 spiro atoms. The van der Waals surface area contributed by atoms with Crippen LogP contribution in [0.3, 0.4) is 0 Å². The number of piperazine rings is 1. The van der Waals surface area contributed by atoms with Crippen LogP contribution in [0.4, 0.5) is 4.79 Å². The maximum atomic E-state index is 11.8. The molecule has 5 nitrogen and oxygen atoms in total. The van der Waals surface area contributed by atoms with E-state index in [1.165, 1.54) is 0 Å². The SMILES string of the molecule is CCNC(=O)N1CCN(C2CC(C)OC(C)C2)CC1. The first kappa shape index (κ1) is 14.6. The molecule has 5 heteroatoms. The summed E-state index contributed by atoms with van der Waals surface area (Å²) < 4.78 is 5.80. The van der Waals surface area contributed by atoms with Gasteiger partial charge in [-0.2, -0.15) is 0 Å². The molecule has 2 rings (SSSR count). The summed E-state index contributed by atoms with van der Waals surface area (Å²) in [6, 6.07) is 0.700. The number of carbonyl (C=O) groups is 1. The van der Waals surface area contributed by atoms with Gasteiger partial charge in [-0.3, -0.25) is 4.90 Å². The van der Waals surface area contributed by atoms with Gasteiger partial charge < -0.3 is 15.0 Å². The van der Waals surface area contributed by atoms with Gasteiger partial charge >= 0.3 is 6.03 Å². The third-order valence-electron chi connectivity index (χ3n) is 4.12. The summed E-state index contributed by atoms with van der Waals surface area (Å²) in [7, 11) is 0. The second kappa shape index (κ2) is 6.57. The van der Waals surface area contributed by atoms with Crippen LogP contribution in [0.25, 0.3) is 0 Å². The Bertz CT molecular complexity index is 293. The Morgan fingerprint density at radius 1 is 1.16 bits per heavy atom. The zero-order chi connectivity index (χ0) is 13.8. The number of amides is 2. The number of hydrogen-bond acceptors (Lipinski definition) is 3. The number of nitrogens with zero attached hydrogens (tertiary/aromatic N) is 2. The summed E-state index contributed by atoms with van der Waals surface area (Å²) in [5.74, 6) is 0. The zero-order valence-electron chi connectivity index (χ0n) is 12.4. The van der Waals surface area contributed by atoms with Gasteiger partial charge in [-0.15, -0.1) is 0 Å². The molecule has 0 saturated carbocycles. The number of nitrogens with one attached hydrogen (secondary N) is 1. The summed E-state index contributed by atoms with van der Waals surface area (Å²) in [6.07, 6.45) is 2.95. The molecule has 0 radical (unpaired) electrons. The highest BCUT2D eigenvalue weighted by Crippen LogP contribution is 2.24. The van der Waals surface area contributed by atoms with E-state index in [-0.39, 0.29) is 6.03 Å². The highest BCUT2D eigenvalue weighted by Gasteiger charge is 2.31. The molecule has 0 aromatic heterocycles. The van der Waals surface area contributed by atoms with Gasteiger partial charge in [0.25, 0.3) is 0 Å². The molecule has 2 heterocycles. The van der Waals surface area contributed by atoms with Crippen molar-refractivity contribution < 1.29 is 9.53 Å². The van der Waals surface area contributed by atoms with Gasteiger partial charge in [0.15, 0.2) is 0 Å². The van der Waals surface area contributed by atoms with Crippen molar-refractivity contribution in [3.63, 3.8) is 0 Å². The highest BCUT2D eigenvalue weighted by molar-refractivity contribution is 5.74. The minimum atomic E-state index is 0.0795. The van der Waals surface area contributed by atoms with Crippen LogP contribution in [-0.2, 0) is 4.74 Å². The van der Waals surface area contributed by atoms with Crippen molar-refractivity contribution in [3.8, 4) is 0 Å². The lowest BCUT2D eigenvalue weighted by Gasteiger charge is -2.43. The number of hydrogen-bond donors (Lipinski definition) is 1. The smallest absolute Gasteiger partial charge is 0.317 e. The molecule has 2 amide bonds. The molecular formula is C14H27N3O2. The van der Waals surface area contributed by atoms with Crippen molar-refractivity contribution in [3.05, 3.63) is 0 Å². The Balaban J connectivity index is 1.81. The summed E-state index contributed by atoms with van der Waals surface area (Å²) >= 11 is 0. The first-order valence-corrected chi connectivity index (χ1v) is 7.52. The highest BCUT2D eigenvalue weighted by atomic mass is 16.5. The largest absolute Gasteiger partial charge is 0.375 e. The molecule has 2 unspecified atom stereocenters. The van der Waals surface area contributed by atoms with Crippen LogP contribution in [0.5, 0.6) is 0 Å². The molecule has 2 saturated heterocycles. The minimum Gasteiger partial charge on any atom is -0.375 e. The molecule has 0 aromatic carbocycles. The Hall–Kier alpha value is -0.810. The van der Waals surface area contributed by atoms with Crippen LogP contribution in [-0.4, -0.2) is 66.8 Å². The molecule has 2 aliphatic rings. The molecule has 0 bridgehead atoms. The molecule has 0 aliphatic carbocycles. The fourth-order valence-corrected chi connectivity index (χ4v) is 3.22. The number of carbonyl (C=O) groups excluding carboxylic acids is 1. The van der Waals surface area contributed by atoms with Gasteiger partial charge in [0.2, 0.25) is 0 Å². The van der Waals surface area contributed by atoms with Crippen molar-refractivity contribution in [2.24, 2.45) is 0 Å². The standard InChI is InChI=1S/C14H27N3O2/c1-4-15-14(18)17-7-5-16(6-8-17)13-9-11(2)19-12(3)10-13/h11-13H,4-10H2,1-3H3,(H,15,18). The fourth-order valence-electron chi connectivity index (χ4n) is 3.22. The van der Waals surface area contributed by atoms with Gasteiger partial charge in [-0.25, -0.2) is 4.79 Å².